The third-order valence-corrected chi connectivity index (χ3v) is 5.21. The summed E-state index contributed by atoms with van der Waals surface area (Å²) < 4.78 is 11.4. The molecule has 1 N–H and O–H groups in total. The van der Waals surface area contributed by atoms with Crippen LogP contribution in [0, 0.1) is 0 Å². The summed E-state index contributed by atoms with van der Waals surface area (Å²) in [5.74, 6) is 1.01. The topological polar surface area (TPSA) is 37.0 Å². The number of para-hydroxylation sites is 1. The smallest absolute Gasteiger partial charge is 0.123 e. The van der Waals surface area contributed by atoms with Crippen molar-refractivity contribution >= 4 is 0 Å². The third-order valence-electron chi connectivity index (χ3n) is 5.21. The van der Waals surface area contributed by atoms with Gasteiger partial charge in [-0.3, -0.25) is 4.90 Å². The van der Waals surface area contributed by atoms with Crippen molar-refractivity contribution in [2.45, 2.75) is 32.0 Å². The first-order chi connectivity index (χ1) is 11.7. The van der Waals surface area contributed by atoms with Crippen molar-refractivity contribution in [3.8, 4) is 5.75 Å². The Morgan fingerprint density at radius 3 is 2.79 bits per heavy atom. The van der Waals surface area contributed by atoms with Crippen LogP contribution >= 0.6 is 0 Å². The molecule has 2 saturated heterocycles. The average Bonchev–Trinajstić information content (AvgIpc) is 2.93. The van der Waals surface area contributed by atoms with Crippen molar-refractivity contribution in [1.82, 2.24) is 15.1 Å². The van der Waals surface area contributed by atoms with Crippen LogP contribution in [0.4, 0.5) is 0 Å². The Kier molecular flexibility index (Phi) is 6.49. The van der Waals surface area contributed by atoms with Crippen LogP contribution in [-0.2, 0) is 11.3 Å². The Morgan fingerprint density at radius 1 is 1.25 bits per heavy atom. The molecule has 134 valence electrons. The fourth-order valence-corrected chi connectivity index (χ4v) is 3.50. The summed E-state index contributed by atoms with van der Waals surface area (Å²) in [6.45, 7) is 9.71. The number of hydrogen-bond acceptors (Lipinski definition) is 5. The first-order valence-corrected chi connectivity index (χ1v) is 9.17. The quantitative estimate of drug-likeness (QED) is 0.820. The number of morpholine rings is 1. The van der Waals surface area contributed by atoms with E-state index in [1.54, 1.807) is 0 Å². The maximum absolute atomic E-state index is 6.06. The van der Waals surface area contributed by atoms with Gasteiger partial charge in [-0.25, -0.2) is 0 Å². The predicted molar refractivity (Wildman–Crippen MR) is 96.5 cm³/mol. The van der Waals surface area contributed by atoms with Crippen LogP contribution in [0.5, 0.6) is 5.75 Å². The fraction of sp³-hybridized carbons (Fsp3) is 0.684. The molecule has 2 aliphatic heterocycles. The average molecular weight is 333 g/mol. The monoisotopic (exact) mass is 333 g/mol. The summed E-state index contributed by atoms with van der Waals surface area (Å²) in [5, 5.41) is 3.69. The van der Waals surface area contributed by atoms with Gasteiger partial charge in [0.2, 0.25) is 0 Å². The summed E-state index contributed by atoms with van der Waals surface area (Å²) in [4.78, 5) is 4.82. The maximum atomic E-state index is 6.06. The van der Waals surface area contributed by atoms with Gasteiger partial charge in [0.15, 0.2) is 0 Å². The largest absolute Gasteiger partial charge is 0.492 e. The van der Waals surface area contributed by atoms with E-state index in [9.17, 15) is 0 Å². The number of likely N-dealkylation sites (tertiary alicyclic amines) is 1. The van der Waals surface area contributed by atoms with Crippen LogP contribution in [0.1, 0.15) is 18.9 Å². The maximum Gasteiger partial charge on any atom is 0.123 e. The molecule has 2 atom stereocenters. The number of likely N-dealkylation sites (N-methyl/N-ethyl adjacent to an activating group) is 1. The van der Waals surface area contributed by atoms with Crippen LogP contribution < -0.4 is 10.1 Å². The molecule has 0 radical (unpaired) electrons. The lowest BCUT2D eigenvalue weighted by Crippen LogP contribution is -2.38. The van der Waals surface area contributed by atoms with Crippen molar-refractivity contribution in [2.24, 2.45) is 0 Å². The number of benzene rings is 1. The van der Waals surface area contributed by atoms with Gasteiger partial charge in [-0.1, -0.05) is 18.2 Å². The van der Waals surface area contributed by atoms with Crippen LogP contribution in [-0.4, -0.2) is 74.9 Å². The molecule has 1 aromatic carbocycles. The second-order valence-electron chi connectivity index (χ2n) is 7.01. The summed E-state index contributed by atoms with van der Waals surface area (Å²) in [6.07, 6.45) is 1.22. The van der Waals surface area contributed by atoms with Gasteiger partial charge in [0.1, 0.15) is 12.4 Å². The molecule has 0 bridgehead atoms. The summed E-state index contributed by atoms with van der Waals surface area (Å²) in [5.41, 5.74) is 1.25. The Labute approximate surface area is 145 Å². The van der Waals surface area contributed by atoms with Crippen LogP contribution in [0.25, 0.3) is 0 Å². The standard InChI is InChI=1S/C19H31N3O2/c1-16-13-18(15-21(16)2)20-14-17-5-3-4-6-19(17)24-12-9-22-7-10-23-11-8-22/h3-6,16,18,20H,7-15H2,1-2H3/t16-,18+/m0/s1. The van der Waals surface area contributed by atoms with E-state index in [2.05, 4.69) is 53.4 Å². The van der Waals surface area contributed by atoms with E-state index in [4.69, 9.17) is 9.47 Å². The molecule has 0 amide bonds. The molecule has 5 nitrogen and oxygen atoms in total. The van der Waals surface area contributed by atoms with E-state index in [-0.39, 0.29) is 0 Å². The van der Waals surface area contributed by atoms with E-state index in [0.29, 0.717) is 12.1 Å². The summed E-state index contributed by atoms with van der Waals surface area (Å²) in [6, 6.07) is 9.64. The van der Waals surface area contributed by atoms with Crippen molar-refractivity contribution in [3.05, 3.63) is 29.8 Å². The molecule has 2 aliphatic rings. The molecule has 3 rings (SSSR count). The zero-order chi connectivity index (χ0) is 16.8. The minimum absolute atomic E-state index is 0.575. The summed E-state index contributed by atoms with van der Waals surface area (Å²) >= 11 is 0. The lowest BCUT2D eigenvalue weighted by atomic mass is 10.1. The van der Waals surface area contributed by atoms with Crippen molar-refractivity contribution < 1.29 is 9.47 Å². The van der Waals surface area contributed by atoms with Gasteiger partial charge in [0.05, 0.1) is 13.2 Å². The van der Waals surface area contributed by atoms with E-state index < -0.39 is 0 Å². The lowest BCUT2D eigenvalue weighted by molar-refractivity contribution is 0.0322. The van der Waals surface area contributed by atoms with Gasteiger partial charge in [0.25, 0.3) is 0 Å². The van der Waals surface area contributed by atoms with E-state index in [0.717, 1.165) is 58.3 Å². The minimum atomic E-state index is 0.575. The van der Waals surface area contributed by atoms with Crippen LogP contribution in [0.3, 0.4) is 0 Å². The predicted octanol–water partition coefficient (Wildman–Crippen LogP) is 1.58. The highest BCUT2D eigenvalue weighted by Gasteiger charge is 2.25. The molecule has 0 saturated carbocycles. The molecular formula is C19H31N3O2. The molecule has 0 spiro atoms. The molecule has 5 heteroatoms. The van der Waals surface area contributed by atoms with Crippen molar-refractivity contribution in [2.75, 3.05) is 53.0 Å². The van der Waals surface area contributed by atoms with Crippen LogP contribution in [0.2, 0.25) is 0 Å². The van der Waals surface area contributed by atoms with E-state index >= 15 is 0 Å². The first kappa shape index (κ1) is 17.7. The number of ether oxygens (including phenoxy) is 2. The number of hydrogen-bond donors (Lipinski definition) is 1. The molecule has 2 heterocycles. The second-order valence-corrected chi connectivity index (χ2v) is 7.01. The highest BCUT2D eigenvalue weighted by Crippen LogP contribution is 2.20. The number of nitrogens with one attached hydrogen (secondary N) is 1. The molecule has 1 aromatic rings. The highest BCUT2D eigenvalue weighted by atomic mass is 16.5. The molecule has 0 aromatic heterocycles. The molecule has 2 fully saturated rings. The SMILES string of the molecule is C[C@H]1C[C@@H](NCc2ccccc2OCCN2CCOCC2)CN1C. The zero-order valence-corrected chi connectivity index (χ0v) is 15.0. The first-order valence-electron chi connectivity index (χ1n) is 9.17. The van der Waals surface area contributed by atoms with Crippen LogP contribution in [0.15, 0.2) is 24.3 Å². The number of rotatable bonds is 7. The molecule has 0 unspecified atom stereocenters. The number of nitrogens with zero attached hydrogens (tertiary/aromatic N) is 2. The third kappa shape index (κ3) is 4.93. The van der Waals surface area contributed by atoms with Gasteiger partial charge in [-0.15, -0.1) is 0 Å². The molecule has 0 aliphatic carbocycles. The van der Waals surface area contributed by atoms with E-state index in [1.807, 2.05) is 0 Å². The normalized spacial score (nSPS) is 25.9. The molecular weight excluding hydrogens is 302 g/mol. The van der Waals surface area contributed by atoms with Crippen molar-refractivity contribution in [1.29, 1.82) is 0 Å². The lowest BCUT2D eigenvalue weighted by Gasteiger charge is -2.26. The Hall–Kier alpha value is -1.14. The van der Waals surface area contributed by atoms with Gasteiger partial charge >= 0.3 is 0 Å². The Morgan fingerprint density at radius 2 is 2.04 bits per heavy atom. The second kappa shape index (κ2) is 8.81. The molecule has 24 heavy (non-hydrogen) atoms. The van der Waals surface area contributed by atoms with Gasteiger partial charge in [0, 0.05) is 50.4 Å². The Bertz CT molecular complexity index is 495. The fourth-order valence-electron chi connectivity index (χ4n) is 3.50. The van der Waals surface area contributed by atoms with E-state index in [1.165, 1.54) is 12.0 Å². The van der Waals surface area contributed by atoms with Gasteiger partial charge < -0.3 is 19.7 Å². The minimum Gasteiger partial charge on any atom is -0.492 e. The Balaban J connectivity index is 1.45. The summed E-state index contributed by atoms with van der Waals surface area (Å²) in [7, 11) is 2.20. The zero-order valence-electron chi connectivity index (χ0n) is 15.0. The van der Waals surface area contributed by atoms with Crippen molar-refractivity contribution in [3.63, 3.8) is 0 Å². The van der Waals surface area contributed by atoms with Gasteiger partial charge in [-0.05, 0) is 26.5 Å². The van der Waals surface area contributed by atoms with Gasteiger partial charge in [-0.2, -0.15) is 0 Å². The highest BCUT2D eigenvalue weighted by molar-refractivity contribution is 5.33.